The number of nitrogens with zero attached hydrogens (tertiary/aromatic N) is 3. The quantitative estimate of drug-likeness (QED) is 0.791. The minimum absolute atomic E-state index is 0.624. The van der Waals surface area contributed by atoms with E-state index in [4.69, 9.17) is 5.26 Å². The summed E-state index contributed by atoms with van der Waals surface area (Å²) < 4.78 is 0. The molecule has 0 fully saturated rings. The number of nitriles is 1. The Balaban J connectivity index is 1.83. The smallest absolute Gasteiger partial charge is 0.187 e. The van der Waals surface area contributed by atoms with Crippen molar-refractivity contribution >= 4 is 22.2 Å². The third-order valence-electron chi connectivity index (χ3n) is 2.70. The summed E-state index contributed by atoms with van der Waals surface area (Å²) in [5.41, 5.74) is 3.36. The number of nitrogens with one attached hydrogen (secondary N) is 1. The van der Waals surface area contributed by atoms with Crippen molar-refractivity contribution in [3.63, 3.8) is 0 Å². The van der Waals surface area contributed by atoms with Crippen LogP contribution in [0.25, 0.3) is 11.3 Å². The summed E-state index contributed by atoms with van der Waals surface area (Å²) in [5, 5.41) is 14.9. The lowest BCUT2D eigenvalue weighted by Gasteiger charge is -2.02. The molecule has 0 saturated heterocycles. The van der Waals surface area contributed by atoms with Crippen molar-refractivity contribution < 1.29 is 0 Å². The van der Waals surface area contributed by atoms with Crippen LogP contribution < -0.4 is 5.32 Å². The molecule has 3 aromatic rings. The molecule has 0 bridgehead atoms. The lowest BCUT2D eigenvalue weighted by molar-refractivity contribution is 1.30. The van der Waals surface area contributed by atoms with Gasteiger partial charge in [-0.3, -0.25) is 4.98 Å². The molecule has 0 aliphatic heterocycles. The maximum atomic E-state index is 8.88. The number of pyridine rings is 1. The number of hydrogen-bond donors (Lipinski definition) is 1. The summed E-state index contributed by atoms with van der Waals surface area (Å²) in [6.45, 7) is 0. The van der Waals surface area contributed by atoms with E-state index >= 15 is 0 Å². The van der Waals surface area contributed by atoms with Gasteiger partial charge in [0, 0.05) is 29.0 Å². The first-order valence-corrected chi connectivity index (χ1v) is 6.86. The third kappa shape index (κ3) is 2.66. The van der Waals surface area contributed by atoms with Crippen molar-refractivity contribution in [1.82, 2.24) is 9.97 Å². The number of anilines is 2. The normalized spacial score (nSPS) is 9.95. The van der Waals surface area contributed by atoms with E-state index in [-0.39, 0.29) is 0 Å². The van der Waals surface area contributed by atoms with Crippen LogP contribution in [-0.4, -0.2) is 9.97 Å². The predicted molar refractivity (Wildman–Crippen MR) is 79.8 cm³/mol. The van der Waals surface area contributed by atoms with Gasteiger partial charge in [-0.2, -0.15) is 5.26 Å². The fourth-order valence-corrected chi connectivity index (χ4v) is 2.51. The first kappa shape index (κ1) is 12.3. The number of hydrogen-bond acceptors (Lipinski definition) is 5. The molecular formula is C15H10N4S. The topological polar surface area (TPSA) is 61.6 Å². The summed E-state index contributed by atoms with van der Waals surface area (Å²) in [7, 11) is 0. The highest BCUT2D eigenvalue weighted by molar-refractivity contribution is 7.14. The van der Waals surface area contributed by atoms with E-state index in [0.717, 1.165) is 22.1 Å². The second-order valence-electron chi connectivity index (χ2n) is 4.10. The molecule has 2 heterocycles. The SMILES string of the molecule is N#Cc1cccc(Nc2nc(-c3cccnc3)cs2)c1. The lowest BCUT2D eigenvalue weighted by atomic mass is 10.2. The Morgan fingerprint density at radius 2 is 2.15 bits per heavy atom. The second kappa shape index (κ2) is 5.51. The molecule has 0 unspecified atom stereocenters. The van der Waals surface area contributed by atoms with Gasteiger partial charge >= 0.3 is 0 Å². The molecule has 0 spiro atoms. The van der Waals surface area contributed by atoms with Gasteiger partial charge in [0.15, 0.2) is 5.13 Å². The van der Waals surface area contributed by atoms with Crippen molar-refractivity contribution in [2.24, 2.45) is 0 Å². The van der Waals surface area contributed by atoms with Crippen LogP contribution in [0.4, 0.5) is 10.8 Å². The monoisotopic (exact) mass is 278 g/mol. The molecular weight excluding hydrogens is 268 g/mol. The third-order valence-corrected chi connectivity index (χ3v) is 3.46. The maximum absolute atomic E-state index is 8.88. The van der Waals surface area contributed by atoms with Crippen LogP contribution >= 0.6 is 11.3 Å². The van der Waals surface area contributed by atoms with Crippen LogP contribution in [0.1, 0.15) is 5.56 Å². The average molecular weight is 278 g/mol. The zero-order chi connectivity index (χ0) is 13.8. The van der Waals surface area contributed by atoms with E-state index in [9.17, 15) is 0 Å². The Bertz CT molecular complexity index is 759. The summed E-state index contributed by atoms with van der Waals surface area (Å²) in [6, 6.07) is 13.3. The maximum Gasteiger partial charge on any atom is 0.187 e. The van der Waals surface area contributed by atoms with Crippen LogP contribution in [0.5, 0.6) is 0 Å². The second-order valence-corrected chi connectivity index (χ2v) is 4.96. The van der Waals surface area contributed by atoms with Gasteiger partial charge < -0.3 is 5.32 Å². The summed E-state index contributed by atoms with van der Waals surface area (Å²) >= 11 is 1.52. The van der Waals surface area contributed by atoms with Crippen molar-refractivity contribution in [1.29, 1.82) is 5.26 Å². The molecule has 0 aliphatic rings. The summed E-state index contributed by atoms with van der Waals surface area (Å²) in [5.74, 6) is 0. The van der Waals surface area contributed by atoms with Gasteiger partial charge in [0.2, 0.25) is 0 Å². The highest BCUT2D eigenvalue weighted by Gasteiger charge is 2.05. The first-order chi connectivity index (χ1) is 9.85. The van der Waals surface area contributed by atoms with E-state index in [0.29, 0.717) is 5.56 Å². The molecule has 0 saturated carbocycles. The Labute approximate surface area is 120 Å². The summed E-state index contributed by atoms with van der Waals surface area (Å²) in [6.07, 6.45) is 3.53. The van der Waals surface area contributed by atoms with E-state index < -0.39 is 0 Å². The Morgan fingerprint density at radius 1 is 1.20 bits per heavy atom. The molecule has 20 heavy (non-hydrogen) atoms. The Kier molecular flexibility index (Phi) is 3.40. The van der Waals surface area contributed by atoms with Gasteiger partial charge in [-0.1, -0.05) is 6.07 Å². The average Bonchev–Trinajstić information content (AvgIpc) is 2.97. The van der Waals surface area contributed by atoms with Gasteiger partial charge in [-0.05, 0) is 30.3 Å². The van der Waals surface area contributed by atoms with E-state index in [1.54, 1.807) is 24.5 Å². The fourth-order valence-electron chi connectivity index (χ4n) is 1.77. The molecule has 1 aromatic carbocycles. The fraction of sp³-hybridized carbons (Fsp3) is 0. The molecule has 96 valence electrons. The zero-order valence-corrected chi connectivity index (χ0v) is 11.3. The van der Waals surface area contributed by atoms with Gasteiger partial charge in [-0.25, -0.2) is 4.98 Å². The highest BCUT2D eigenvalue weighted by Crippen LogP contribution is 2.26. The predicted octanol–water partition coefficient (Wildman–Crippen LogP) is 3.82. The van der Waals surface area contributed by atoms with Crippen LogP contribution in [0, 0.1) is 11.3 Å². The van der Waals surface area contributed by atoms with Crippen molar-refractivity contribution in [3.05, 3.63) is 59.7 Å². The van der Waals surface area contributed by atoms with Gasteiger partial charge in [0.1, 0.15) is 0 Å². The number of aromatic nitrogens is 2. The molecule has 0 amide bonds. The molecule has 4 nitrogen and oxygen atoms in total. The zero-order valence-electron chi connectivity index (χ0n) is 10.4. The molecule has 5 heteroatoms. The molecule has 0 atom stereocenters. The molecule has 0 aliphatic carbocycles. The molecule has 0 radical (unpaired) electrons. The van der Waals surface area contributed by atoms with Crippen LogP contribution in [-0.2, 0) is 0 Å². The van der Waals surface area contributed by atoms with Gasteiger partial charge in [0.25, 0.3) is 0 Å². The minimum atomic E-state index is 0.624. The Morgan fingerprint density at radius 3 is 2.95 bits per heavy atom. The number of rotatable bonds is 3. The number of benzene rings is 1. The largest absolute Gasteiger partial charge is 0.331 e. The van der Waals surface area contributed by atoms with Crippen LogP contribution in [0.2, 0.25) is 0 Å². The van der Waals surface area contributed by atoms with E-state index in [2.05, 4.69) is 21.4 Å². The molecule has 3 rings (SSSR count). The van der Waals surface area contributed by atoms with Crippen molar-refractivity contribution in [2.75, 3.05) is 5.32 Å². The van der Waals surface area contributed by atoms with Crippen molar-refractivity contribution in [2.45, 2.75) is 0 Å². The standard InChI is InChI=1S/C15H10N4S/c16-8-11-3-1-5-13(7-11)18-15-19-14(10-20-15)12-4-2-6-17-9-12/h1-7,9-10H,(H,18,19). The molecule has 2 aromatic heterocycles. The lowest BCUT2D eigenvalue weighted by Crippen LogP contribution is -1.90. The Hall–Kier alpha value is -2.71. The van der Waals surface area contributed by atoms with Gasteiger partial charge in [0.05, 0.1) is 17.3 Å². The highest BCUT2D eigenvalue weighted by atomic mass is 32.1. The van der Waals surface area contributed by atoms with E-state index in [1.165, 1.54) is 11.3 Å². The summed E-state index contributed by atoms with van der Waals surface area (Å²) in [4.78, 5) is 8.60. The number of thiazole rings is 1. The van der Waals surface area contributed by atoms with Crippen LogP contribution in [0.15, 0.2) is 54.2 Å². The molecule has 1 N–H and O–H groups in total. The van der Waals surface area contributed by atoms with Crippen LogP contribution in [0.3, 0.4) is 0 Å². The van der Waals surface area contributed by atoms with Gasteiger partial charge in [-0.15, -0.1) is 11.3 Å². The van der Waals surface area contributed by atoms with Crippen molar-refractivity contribution in [3.8, 4) is 17.3 Å². The minimum Gasteiger partial charge on any atom is -0.331 e. The van der Waals surface area contributed by atoms with E-state index in [1.807, 2.05) is 29.6 Å². The first-order valence-electron chi connectivity index (χ1n) is 5.98.